The first-order valence-electron chi connectivity index (χ1n) is 7.57. The number of carbonyl (C=O) groups is 1. The lowest BCUT2D eigenvalue weighted by molar-refractivity contribution is -0.117. The van der Waals surface area contributed by atoms with Crippen LogP contribution in [0.5, 0.6) is 0 Å². The third kappa shape index (κ3) is 3.39. The molecule has 4 nitrogen and oxygen atoms in total. The highest BCUT2D eigenvalue weighted by atomic mass is 35.5. The van der Waals surface area contributed by atoms with Crippen molar-refractivity contribution < 1.29 is 9.90 Å². The molecule has 5 heteroatoms. The Kier molecular flexibility index (Phi) is 4.66. The Morgan fingerprint density at radius 1 is 1.26 bits per heavy atom. The van der Waals surface area contributed by atoms with Gasteiger partial charge in [0.15, 0.2) is 0 Å². The number of fused-ring (bicyclic) bond motifs is 1. The average Bonchev–Trinajstić information content (AvgIpc) is 2.87. The predicted octanol–water partition coefficient (Wildman–Crippen LogP) is 2.87. The second-order valence-corrected chi connectivity index (χ2v) is 6.27. The molecule has 2 N–H and O–H groups in total. The number of rotatable bonds is 4. The largest absolute Gasteiger partial charge is 0.387 e. The van der Waals surface area contributed by atoms with Crippen molar-refractivity contribution in [2.24, 2.45) is 0 Å². The van der Waals surface area contributed by atoms with Gasteiger partial charge in [0, 0.05) is 6.04 Å². The van der Waals surface area contributed by atoms with Gasteiger partial charge in [-0.25, -0.2) is 0 Å². The van der Waals surface area contributed by atoms with Crippen LogP contribution in [0.1, 0.15) is 17.2 Å². The Balaban J connectivity index is 1.63. The summed E-state index contributed by atoms with van der Waals surface area (Å²) in [5.41, 5.74) is 2.70. The summed E-state index contributed by atoms with van der Waals surface area (Å²) in [7, 11) is 1.85. The molecule has 2 aromatic carbocycles. The van der Waals surface area contributed by atoms with Crippen LogP contribution in [0.2, 0.25) is 5.02 Å². The molecular weight excluding hydrogens is 312 g/mol. The van der Waals surface area contributed by atoms with Gasteiger partial charge in [-0.1, -0.05) is 48.0 Å². The summed E-state index contributed by atoms with van der Waals surface area (Å²) in [6.07, 6.45) is 0.178. The molecule has 0 heterocycles. The highest BCUT2D eigenvalue weighted by Crippen LogP contribution is 2.33. The van der Waals surface area contributed by atoms with Crippen LogP contribution >= 0.6 is 11.6 Å². The smallest absolute Gasteiger partial charge is 0.238 e. The topological polar surface area (TPSA) is 52.6 Å². The fourth-order valence-electron chi connectivity index (χ4n) is 3.05. The van der Waals surface area contributed by atoms with E-state index in [1.807, 2.05) is 48.3 Å². The van der Waals surface area contributed by atoms with E-state index >= 15 is 0 Å². The number of para-hydroxylation sites is 1. The fraction of sp³-hybridized carbons (Fsp3) is 0.278. The molecule has 120 valence electrons. The molecule has 0 fully saturated rings. The van der Waals surface area contributed by atoms with E-state index in [9.17, 15) is 9.90 Å². The quantitative estimate of drug-likeness (QED) is 0.906. The van der Waals surface area contributed by atoms with Crippen molar-refractivity contribution in [3.63, 3.8) is 0 Å². The molecule has 1 aliphatic rings. The van der Waals surface area contributed by atoms with E-state index in [-0.39, 0.29) is 18.5 Å². The minimum Gasteiger partial charge on any atom is -0.387 e. The van der Waals surface area contributed by atoms with Crippen LogP contribution in [0.4, 0.5) is 5.69 Å². The Morgan fingerprint density at radius 2 is 1.96 bits per heavy atom. The number of hydrogen-bond donors (Lipinski definition) is 2. The zero-order valence-corrected chi connectivity index (χ0v) is 13.6. The SMILES string of the molecule is CN(CC(=O)Nc1ccccc1Cl)[C@@H]1Cc2ccccc2[C@@H]1O. The maximum absolute atomic E-state index is 12.2. The summed E-state index contributed by atoms with van der Waals surface area (Å²) in [5, 5.41) is 13.8. The zero-order chi connectivity index (χ0) is 16.4. The lowest BCUT2D eigenvalue weighted by atomic mass is 10.1. The third-order valence-corrected chi connectivity index (χ3v) is 4.60. The maximum atomic E-state index is 12.2. The molecule has 0 bridgehead atoms. The molecule has 0 saturated heterocycles. The molecule has 0 spiro atoms. The van der Waals surface area contributed by atoms with E-state index in [0.29, 0.717) is 10.7 Å². The monoisotopic (exact) mass is 330 g/mol. The van der Waals surface area contributed by atoms with E-state index in [1.165, 1.54) is 0 Å². The van der Waals surface area contributed by atoms with Gasteiger partial charge in [-0.15, -0.1) is 0 Å². The van der Waals surface area contributed by atoms with Gasteiger partial charge in [0.2, 0.25) is 5.91 Å². The van der Waals surface area contributed by atoms with Gasteiger partial charge in [0.1, 0.15) is 0 Å². The molecule has 0 radical (unpaired) electrons. The van der Waals surface area contributed by atoms with Crippen LogP contribution in [-0.4, -0.2) is 35.5 Å². The minimum atomic E-state index is -0.565. The van der Waals surface area contributed by atoms with Crippen molar-refractivity contribution in [2.75, 3.05) is 18.9 Å². The standard InChI is InChI=1S/C18H19ClN2O2/c1-21(11-17(22)20-15-9-5-4-8-14(15)19)16-10-12-6-2-3-7-13(12)18(16)23/h2-9,16,18,23H,10-11H2,1H3,(H,20,22)/t16-,18+/m1/s1. The van der Waals surface area contributed by atoms with Crippen LogP contribution < -0.4 is 5.32 Å². The van der Waals surface area contributed by atoms with Crippen LogP contribution in [-0.2, 0) is 11.2 Å². The Bertz CT molecular complexity index is 720. The van der Waals surface area contributed by atoms with E-state index in [2.05, 4.69) is 5.32 Å². The third-order valence-electron chi connectivity index (χ3n) is 4.27. The van der Waals surface area contributed by atoms with Crippen LogP contribution in [0.3, 0.4) is 0 Å². The van der Waals surface area contributed by atoms with Crippen LogP contribution in [0.25, 0.3) is 0 Å². The van der Waals surface area contributed by atoms with E-state index < -0.39 is 6.10 Å². The molecule has 23 heavy (non-hydrogen) atoms. The first-order chi connectivity index (χ1) is 11.1. The number of hydrogen-bond acceptors (Lipinski definition) is 3. The molecule has 0 aliphatic heterocycles. The van der Waals surface area contributed by atoms with Crippen molar-refractivity contribution in [1.82, 2.24) is 4.90 Å². The Hall–Kier alpha value is -1.88. The van der Waals surface area contributed by atoms with Gasteiger partial charge >= 0.3 is 0 Å². The van der Waals surface area contributed by atoms with Crippen molar-refractivity contribution in [1.29, 1.82) is 0 Å². The minimum absolute atomic E-state index is 0.0932. The number of aliphatic hydroxyl groups excluding tert-OH is 1. The second kappa shape index (κ2) is 6.71. The lowest BCUT2D eigenvalue weighted by Crippen LogP contribution is -2.40. The molecule has 0 saturated carbocycles. The highest BCUT2D eigenvalue weighted by molar-refractivity contribution is 6.33. The Labute approximate surface area is 140 Å². The van der Waals surface area contributed by atoms with Crippen molar-refractivity contribution in [2.45, 2.75) is 18.6 Å². The van der Waals surface area contributed by atoms with Gasteiger partial charge < -0.3 is 10.4 Å². The number of nitrogens with one attached hydrogen (secondary N) is 1. The van der Waals surface area contributed by atoms with Crippen molar-refractivity contribution >= 4 is 23.2 Å². The van der Waals surface area contributed by atoms with E-state index in [1.54, 1.807) is 12.1 Å². The van der Waals surface area contributed by atoms with Gasteiger partial charge in [0.05, 0.1) is 23.4 Å². The average molecular weight is 331 g/mol. The molecule has 3 rings (SSSR count). The number of aliphatic hydroxyl groups is 1. The second-order valence-electron chi connectivity index (χ2n) is 5.86. The summed E-state index contributed by atoms with van der Waals surface area (Å²) < 4.78 is 0. The number of nitrogens with zero attached hydrogens (tertiary/aromatic N) is 1. The molecular formula is C18H19ClN2O2. The summed E-state index contributed by atoms with van der Waals surface area (Å²) in [6, 6.07) is 14.9. The first kappa shape index (κ1) is 16.0. The molecule has 1 amide bonds. The van der Waals surface area contributed by atoms with Crippen LogP contribution in [0, 0.1) is 0 Å². The van der Waals surface area contributed by atoms with Gasteiger partial charge in [-0.2, -0.15) is 0 Å². The summed E-state index contributed by atoms with van der Waals surface area (Å²) in [6.45, 7) is 0.195. The summed E-state index contributed by atoms with van der Waals surface area (Å²) in [4.78, 5) is 14.1. The normalized spacial score (nSPS) is 19.7. The molecule has 0 aromatic heterocycles. The fourth-order valence-corrected chi connectivity index (χ4v) is 3.23. The molecule has 2 atom stereocenters. The van der Waals surface area contributed by atoms with E-state index in [0.717, 1.165) is 17.5 Å². The van der Waals surface area contributed by atoms with Gasteiger partial charge in [-0.3, -0.25) is 9.69 Å². The highest BCUT2D eigenvalue weighted by Gasteiger charge is 2.33. The number of halogens is 1. The molecule has 1 aliphatic carbocycles. The number of carbonyl (C=O) groups excluding carboxylic acids is 1. The first-order valence-corrected chi connectivity index (χ1v) is 7.94. The number of benzene rings is 2. The van der Waals surface area contributed by atoms with E-state index in [4.69, 9.17) is 11.6 Å². The molecule has 0 unspecified atom stereocenters. The number of anilines is 1. The summed E-state index contributed by atoms with van der Waals surface area (Å²) in [5.74, 6) is -0.149. The maximum Gasteiger partial charge on any atom is 0.238 e. The lowest BCUT2D eigenvalue weighted by Gasteiger charge is -2.26. The van der Waals surface area contributed by atoms with Crippen LogP contribution in [0.15, 0.2) is 48.5 Å². The number of amides is 1. The van der Waals surface area contributed by atoms with Gasteiger partial charge in [-0.05, 0) is 36.7 Å². The van der Waals surface area contributed by atoms with Crippen molar-refractivity contribution in [3.8, 4) is 0 Å². The molecule has 2 aromatic rings. The summed E-state index contributed by atoms with van der Waals surface area (Å²) >= 11 is 6.05. The van der Waals surface area contributed by atoms with Gasteiger partial charge in [0.25, 0.3) is 0 Å². The number of likely N-dealkylation sites (N-methyl/N-ethyl adjacent to an activating group) is 1. The zero-order valence-electron chi connectivity index (χ0n) is 12.9. The predicted molar refractivity (Wildman–Crippen MR) is 91.6 cm³/mol. The Morgan fingerprint density at radius 3 is 2.70 bits per heavy atom. The van der Waals surface area contributed by atoms with Crippen molar-refractivity contribution in [3.05, 3.63) is 64.7 Å².